The van der Waals surface area contributed by atoms with Crippen molar-refractivity contribution < 1.29 is 18.7 Å². The van der Waals surface area contributed by atoms with Crippen molar-refractivity contribution in [3.8, 4) is 0 Å². The molecule has 0 fully saturated rings. The van der Waals surface area contributed by atoms with E-state index in [1.54, 1.807) is 6.92 Å². The number of aromatic nitrogens is 1. The summed E-state index contributed by atoms with van der Waals surface area (Å²) >= 11 is 1.28. The maximum absolute atomic E-state index is 13.5. The van der Waals surface area contributed by atoms with Crippen molar-refractivity contribution in [2.45, 2.75) is 19.8 Å². The van der Waals surface area contributed by atoms with E-state index in [9.17, 15) is 13.6 Å². The number of hydrogen-bond donors (Lipinski definition) is 2. The highest BCUT2D eigenvalue weighted by Crippen LogP contribution is 2.24. The lowest BCUT2D eigenvalue weighted by atomic mass is 10.2. The topological polar surface area (TPSA) is 62.2 Å². The Labute approximate surface area is 124 Å². The molecule has 7 heteroatoms. The van der Waals surface area contributed by atoms with Gasteiger partial charge in [-0.3, -0.25) is 10.1 Å². The van der Waals surface area contributed by atoms with Crippen LogP contribution in [0.3, 0.4) is 0 Å². The molecule has 0 aliphatic rings. The van der Waals surface area contributed by atoms with Crippen LogP contribution in [-0.4, -0.2) is 22.6 Å². The van der Waals surface area contributed by atoms with Crippen LogP contribution in [0.15, 0.2) is 18.2 Å². The summed E-state index contributed by atoms with van der Waals surface area (Å²) in [5.74, 6) is -2.32. The van der Waals surface area contributed by atoms with E-state index < -0.39 is 17.5 Å². The molecule has 1 aromatic heterocycles. The first kappa shape index (κ1) is 15.5. The minimum atomic E-state index is -0.915. The van der Waals surface area contributed by atoms with E-state index in [1.807, 2.05) is 0 Å². The van der Waals surface area contributed by atoms with Gasteiger partial charge >= 0.3 is 0 Å². The van der Waals surface area contributed by atoms with Crippen molar-refractivity contribution >= 4 is 22.4 Å². The predicted octanol–water partition coefficient (Wildman–Crippen LogP) is 2.91. The van der Waals surface area contributed by atoms with Crippen molar-refractivity contribution in [3.05, 3.63) is 46.0 Å². The third-order valence-corrected chi connectivity index (χ3v) is 3.98. The SMILES string of the molecule is Cc1nc(NC(=O)c2ccc(F)cc2F)sc1CCCO. The van der Waals surface area contributed by atoms with Gasteiger partial charge < -0.3 is 5.11 Å². The van der Waals surface area contributed by atoms with E-state index in [0.717, 1.165) is 22.7 Å². The minimum absolute atomic E-state index is 0.0832. The Bertz CT molecular complexity index is 658. The number of carbonyl (C=O) groups is 1. The number of benzene rings is 1. The Morgan fingerprint density at radius 1 is 1.43 bits per heavy atom. The molecule has 2 N–H and O–H groups in total. The normalized spacial score (nSPS) is 10.7. The number of aliphatic hydroxyl groups excluding tert-OH is 1. The van der Waals surface area contributed by atoms with Crippen LogP contribution in [0.4, 0.5) is 13.9 Å². The van der Waals surface area contributed by atoms with Crippen LogP contribution in [0, 0.1) is 18.6 Å². The largest absolute Gasteiger partial charge is 0.396 e. The average molecular weight is 312 g/mol. The number of aliphatic hydroxyl groups is 1. The average Bonchev–Trinajstić information content (AvgIpc) is 2.76. The fourth-order valence-corrected chi connectivity index (χ4v) is 2.79. The van der Waals surface area contributed by atoms with Gasteiger partial charge in [-0.15, -0.1) is 11.3 Å². The minimum Gasteiger partial charge on any atom is -0.396 e. The van der Waals surface area contributed by atoms with E-state index >= 15 is 0 Å². The summed E-state index contributed by atoms with van der Waals surface area (Å²) in [5, 5.41) is 11.7. The maximum atomic E-state index is 13.5. The Balaban J connectivity index is 2.12. The molecule has 21 heavy (non-hydrogen) atoms. The number of hydrogen-bond acceptors (Lipinski definition) is 4. The fraction of sp³-hybridized carbons (Fsp3) is 0.286. The van der Waals surface area contributed by atoms with E-state index in [1.165, 1.54) is 11.3 Å². The molecule has 0 aliphatic carbocycles. The molecule has 0 spiro atoms. The van der Waals surface area contributed by atoms with Crippen LogP contribution in [0.1, 0.15) is 27.3 Å². The molecular formula is C14H14F2N2O2S. The number of aryl methyl sites for hydroxylation is 2. The zero-order valence-corrected chi connectivity index (χ0v) is 12.1. The molecule has 0 aliphatic heterocycles. The Hall–Kier alpha value is -1.86. The molecule has 0 atom stereocenters. The third-order valence-electron chi connectivity index (χ3n) is 2.85. The number of nitrogens with one attached hydrogen (secondary N) is 1. The van der Waals surface area contributed by atoms with E-state index in [2.05, 4.69) is 10.3 Å². The molecule has 1 aromatic carbocycles. The number of anilines is 1. The molecular weight excluding hydrogens is 298 g/mol. The molecule has 2 aromatic rings. The van der Waals surface area contributed by atoms with Crippen LogP contribution in [-0.2, 0) is 6.42 Å². The van der Waals surface area contributed by atoms with Crippen molar-refractivity contribution in [3.63, 3.8) is 0 Å². The highest BCUT2D eigenvalue weighted by atomic mass is 32.1. The van der Waals surface area contributed by atoms with Crippen LogP contribution in [0.2, 0.25) is 0 Å². The van der Waals surface area contributed by atoms with E-state index in [0.29, 0.717) is 24.0 Å². The second-order valence-corrected chi connectivity index (χ2v) is 5.52. The smallest absolute Gasteiger partial charge is 0.260 e. The summed E-state index contributed by atoms with van der Waals surface area (Å²) in [4.78, 5) is 17.1. The number of amides is 1. The second kappa shape index (κ2) is 6.73. The van der Waals surface area contributed by atoms with Crippen LogP contribution >= 0.6 is 11.3 Å². The van der Waals surface area contributed by atoms with Crippen LogP contribution in [0.25, 0.3) is 0 Å². The first-order chi connectivity index (χ1) is 10.0. The number of nitrogens with zero attached hydrogens (tertiary/aromatic N) is 1. The van der Waals surface area contributed by atoms with Crippen LogP contribution < -0.4 is 5.32 Å². The molecule has 0 saturated carbocycles. The van der Waals surface area contributed by atoms with Crippen molar-refractivity contribution in [2.75, 3.05) is 11.9 Å². The number of thiazole rings is 1. The van der Waals surface area contributed by atoms with Gasteiger partial charge in [0.05, 0.1) is 11.3 Å². The van der Waals surface area contributed by atoms with Gasteiger partial charge in [0.25, 0.3) is 5.91 Å². The Morgan fingerprint density at radius 2 is 2.19 bits per heavy atom. The highest BCUT2D eigenvalue weighted by molar-refractivity contribution is 7.15. The van der Waals surface area contributed by atoms with Crippen molar-refractivity contribution in [1.29, 1.82) is 0 Å². The monoisotopic (exact) mass is 312 g/mol. The zero-order chi connectivity index (χ0) is 15.4. The van der Waals surface area contributed by atoms with Crippen molar-refractivity contribution in [1.82, 2.24) is 4.98 Å². The van der Waals surface area contributed by atoms with Gasteiger partial charge in [-0.1, -0.05) is 0 Å². The maximum Gasteiger partial charge on any atom is 0.260 e. The van der Waals surface area contributed by atoms with Gasteiger partial charge in [0.15, 0.2) is 5.13 Å². The van der Waals surface area contributed by atoms with Gasteiger partial charge in [-0.05, 0) is 31.9 Å². The number of rotatable bonds is 5. The third kappa shape index (κ3) is 3.83. The van der Waals surface area contributed by atoms with Gasteiger partial charge in [-0.2, -0.15) is 0 Å². The molecule has 0 bridgehead atoms. The molecule has 0 radical (unpaired) electrons. The lowest BCUT2D eigenvalue weighted by Gasteiger charge is -2.02. The Morgan fingerprint density at radius 3 is 2.86 bits per heavy atom. The molecule has 4 nitrogen and oxygen atoms in total. The number of carbonyl (C=O) groups excluding carboxylic acids is 1. The van der Waals surface area contributed by atoms with Crippen molar-refractivity contribution in [2.24, 2.45) is 0 Å². The number of halogens is 2. The Kier molecular flexibility index (Phi) is 4.98. The lowest BCUT2D eigenvalue weighted by molar-refractivity contribution is 0.102. The summed E-state index contributed by atoms with van der Waals surface area (Å²) in [7, 11) is 0. The zero-order valence-electron chi connectivity index (χ0n) is 11.3. The summed E-state index contributed by atoms with van der Waals surface area (Å²) < 4.78 is 26.3. The first-order valence-electron chi connectivity index (χ1n) is 6.35. The highest BCUT2D eigenvalue weighted by Gasteiger charge is 2.15. The van der Waals surface area contributed by atoms with Gasteiger partial charge in [0, 0.05) is 17.6 Å². The van der Waals surface area contributed by atoms with E-state index in [4.69, 9.17) is 5.11 Å². The second-order valence-electron chi connectivity index (χ2n) is 4.43. The molecule has 0 unspecified atom stereocenters. The molecule has 0 saturated heterocycles. The standard InChI is InChI=1S/C14H14F2N2O2S/c1-8-12(3-2-6-19)21-14(17-8)18-13(20)10-5-4-9(15)7-11(10)16/h4-5,7,19H,2-3,6H2,1H3,(H,17,18,20). The summed E-state index contributed by atoms with van der Waals surface area (Å²) in [5.41, 5.74) is 0.532. The first-order valence-corrected chi connectivity index (χ1v) is 7.16. The lowest BCUT2D eigenvalue weighted by Crippen LogP contribution is -2.13. The fourth-order valence-electron chi connectivity index (χ4n) is 1.79. The quantitative estimate of drug-likeness (QED) is 0.892. The molecule has 1 heterocycles. The summed E-state index contributed by atoms with van der Waals surface area (Å²) in [6, 6.07) is 2.78. The predicted molar refractivity (Wildman–Crippen MR) is 76.6 cm³/mol. The van der Waals surface area contributed by atoms with Gasteiger partial charge in [-0.25, -0.2) is 13.8 Å². The summed E-state index contributed by atoms with van der Waals surface area (Å²) in [6.45, 7) is 1.89. The van der Waals surface area contributed by atoms with Gasteiger partial charge in [0.2, 0.25) is 0 Å². The molecule has 112 valence electrons. The molecule has 2 rings (SSSR count). The van der Waals surface area contributed by atoms with Crippen LogP contribution in [0.5, 0.6) is 0 Å². The summed E-state index contributed by atoms with van der Waals surface area (Å²) in [6.07, 6.45) is 1.28. The van der Waals surface area contributed by atoms with E-state index in [-0.39, 0.29) is 12.2 Å². The molecule has 1 amide bonds. The van der Waals surface area contributed by atoms with Gasteiger partial charge in [0.1, 0.15) is 11.6 Å².